The van der Waals surface area contributed by atoms with Crippen molar-refractivity contribution in [3.8, 4) is 11.4 Å². The highest BCUT2D eigenvalue weighted by Crippen LogP contribution is 2.34. The molecule has 1 saturated carbocycles. The normalized spacial score (nSPS) is 22.1. The van der Waals surface area contributed by atoms with Crippen molar-refractivity contribution in [1.82, 2.24) is 25.1 Å². The lowest BCUT2D eigenvalue weighted by Gasteiger charge is -2.37. The lowest BCUT2D eigenvalue weighted by Crippen LogP contribution is -2.42. The number of nitrogens with zero attached hydrogens (tertiary/aromatic N) is 4. The number of pyridine rings is 1. The zero-order chi connectivity index (χ0) is 17.1. The molecule has 6 heteroatoms. The standard InChI is InChI=1S/C19H25N5O/c25-19(14-7-2-1-3-8-14)24-12-5-4-10-16(24)18-21-17(22-23-18)15-9-6-11-20-13-15/h6,9,11,13-14,16H,1-5,7-8,10,12H2,(H,21,22,23). The summed E-state index contributed by atoms with van der Waals surface area (Å²) in [5.74, 6) is 1.99. The highest BCUT2D eigenvalue weighted by atomic mass is 16.2. The van der Waals surface area contributed by atoms with Gasteiger partial charge in [-0.2, -0.15) is 5.10 Å². The van der Waals surface area contributed by atoms with Crippen molar-refractivity contribution in [2.75, 3.05) is 6.54 Å². The summed E-state index contributed by atoms with van der Waals surface area (Å²) >= 11 is 0. The summed E-state index contributed by atoms with van der Waals surface area (Å²) < 4.78 is 0. The number of aromatic nitrogens is 4. The van der Waals surface area contributed by atoms with Gasteiger partial charge in [-0.15, -0.1) is 0 Å². The molecule has 2 aromatic heterocycles. The van der Waals surface area contributed by atoms with Crippen LogP contribution in [-0.2, 0) is 4.79 Å². The van der Waals surface area contributed by atoms with Gasteiger partial charge in [0.05, 0.1) is 6.04 Å². The molecule has 1 unspecified atom stereocenters. The van der Waals surface area contributed by atoms with Gasteiger partial charge >= 0.3 is 0 Å². The average molecular weight is 339 g/mol. The molecule has 0 aromatic carbocycles. The molecule has 1 saturated heterocycles. The van der Waals surface area contributed by atoms with Crippen molar-refractivity contribution in [3.05, 3.63) is 30.4 Å². The molecular formula is C19H25N5O. The van der Waals surface area contributed by atoms with Crippen molar-refractivity contribution in [2.24, 2.45) is 5.92 Å². The third-order valence-electron chi connectivity index (χ3n) is 5.48. The second-order valence-electron chi connectivity index (χ2n) is 7.16. The Morgan fingerprint density at radius 1 is 1.12 bits per heavy atom. The number of amides is 1. The van der Waals surface area contributed by atoms with Crippen LogP contribution in [0.2, 0.25) is 0 Å². The van der Waals surface area contributed by atoms with E-state index >= 15 is 0 Å². The molecular weight excluding hydrogens is 314 g/mol. The molecule has 1 aliphatic heterocycles. The lowest BCUT2D eigenvalue weighted by atomic mass is 9.87. The van der Waals surface area contributed by atoms with E-state index in [4.69, 9.17) is 0 Å². The van der Waals surface area contributed by atoms with E-state index in [1.54, 1.807) is 12.4 Å². The summed E-state index contributed by atoms with van der Waals surface area (Å²) in [4.78, 5) is 23.9. The number of nitrogens with one attached hydrogen (secondary N) is 1. The first-order valence-electron chi connectivity index (χ1n) is 9.46. The first-order chi connectivity index (χ1) is 12.3. The minimum absolute atomic E-state index is 0.0288. The van der Waals surface area contributed by atoms with Gasteiger partial charge in [0, 0.05) is 30.4 Å². The Bertz CT molecular complexity index is 708. The minimum Gasteiger partial charge on any atom is -0.332 e. The topological polar surface area (TPSA) is 74.8 Å². The summed E-state index contributed by atoms with van der Waals surface area (Å²) in [5, 5.41) is 7.43. The molecule has 0 spiro atoms. The van der Waals surface area contributed by atoms with Gasteiger partial charge in [0.25, 0.3) is 0 Å². The summed E-state index contributed by atoms with van der Waals surface area (Å²) in [5.41, 5.74) is 0.894. The molecule has 25 heavy (non-hydrogen) atoms. The molecule has 1 atom stereocenters. The van der Waals surface area contributed by atoms with E-state index in [0.29, 0.717) is 11.7 Å². The van der Waals surface area contributed by atoms with Crippen molar-refractivity contribution in [3.63, 3.8) is 0 Å². The fourth-order valence-electron chi connectivity index (χ4n) is 4.11. The number of piperidine rings is 1. The molecule has 1 amide bonds. The van der Waals surface area contributed by atoms with Crippen LogP contribution in [0.3, 0.4) is 0 Å². The van der Waals surface area contributed by atoms with Crippen LogP contribution in [0.25, 0.3) is 11.4 Å². The van der Waals surface area contributed by atoms with E-state index < -0.39 is 0 Å². The fraction of sp³-hybridized carbons (Fsp3) is 0.579. The monoisotopic (exact) mass is 339 g/mol. The smallest absolute Gasteiger partial charge is 0.226 e. The Labute approximate surface area is 148 Å². The van der Waals surface area contributed by atoms with Gasteiger partial charge in [0.2, 0.25) is 5.91 Å². The van der Waals surface area contributed by atoms with Crippen LogP contribution in [0.5, 0.6) is 0 Å². The number of carbonyl (C=O) groups excluding carboxylic acids is 1. The van der Waals surface area contributed by atoms with Crippen molar-refractivity contribution < 1.29 is 4.79 Å². The van der Waals surface area contributed by atoms with Crippen molar-refractivity contribution in [1.29, 1.82) is 0 Å². The van der Waals surface area contributed by atoms with Crippen molar-refractivity contribution >= 4 is 5.91 Å². The summed E-state index contributed by atoms with van der Waals surface area (Å²) in [7, 11) is 0. The zero-order valence-electron chi connectivity index (χ0n) is 14.5. The molecule has 0 bridgehead atoms. The SMILES string of the molecule is O=C(C1CCCCC1)N1CCCCC1c1nc(-c2cccnc2)n[nH]1. The Kier molecular flexibility index (Phi) is 4.76. The van der Waals surface area contributed by atoms with E-state index in [2.05, 4.69) is 25.1 Å². The number of rotatable bonds is 3. The van der Waals surface area contributed by atoms with E-state index in [1.807, 2.05) is 12.1 Å². The highest BCUT2D eigenvalue weighted by Gasteiger charge is 2.34. The maximum atomic E-state index is 13.1. The number of H-pyrrole nitrogens is 1. The van der Waals surface area contributed by atoms with Crippen LogP contribution < -0.4 is 0 Å². The average Bonchev–Trinajstić information content (AvgIpc) is 3.19. The van der Waals surface area contributed by atoms with Crippen LogP contribution in [-0.4, -0.2) is 37.5 Å². The minimum atomic E-state index is 0.0288. The third kappa shape index (κ3) is 3.43. The third-order valence-corrected chi connectivity index (χ3v) is 5.48. The summed E-state index contributed by atoms with van der Waals surface area (Å²) in [6.07, 6.45) is 12.4. The summed E-state index contributed by atoms with van der Waals surface area (Å²) in [6, 6.07) is 3.86. The molecule has 6 nitrogen and oxygen atoms in total. The summed E-state index contributed by atoms with van der Waals surface area (Å²) in [6.45, 7) is 0.836. The number of aromatic amines is 1. The molecule has 1 aliphatic carbocycles. The van der Waals surface area contributed by atoms with E-state index in [0.717, 1.165) is 50.0 Å². The Morgan fingerprint density at radius 3 is 2.76 bits per heavy atom. The lowest BCUT2D eigenvalue weighted by molar-refractivity contribution is -0.140. The molecule has 2 aliphatic rings. The Balaban J connectivity index is 1.55. The highest BCUT2D eigenvalue weighted by molar-refractivity contribution is 5.79. The van der Waals surface area contributed by atoms with E-state index in [-0.39, 0.29) is 12.0 Å². The van der Waals surface area contributed by atoms with Gasteiger partial charge in [-0.25, -0.2) is 4.98 Å². The zero-order valence-corrected chi connectivity index (χ0v) is 14.5. The second kappa shape index (κ2) is 7.33. The van der Waals surface area contributed by atoms with Crippen LogP contribution in [0.15, 0.2) is 24.5 Å². The number of likely N-dealkylation sites (tertiary alicyclic amines) is 1. The van der Waals surface area contributed by atoms with Crippen LogP contribution >= 0.6 is 0 Å². The number of hydrogen-bond acceptors (Lipinski definition) is 4. The predicted octanol–water partition coefficient (Wildman–Crippen LogP) is 3.50. The van der Waals surface area contributed by atoms with Crippen LogP contribution in [0.1, 0.15) is 63.2 Å². The predicted molar refractivity (Wildman–Crippen MR) is 94.5 cm³/mol. The molecule has 2 fully saturated rings. The first kappa shape index (κ1) is 16.2. The molecule has 132 valence electrons. The Hall–Kier alpha value is -2.24. The van der Waals surface area contributed by atoms with E-state index in [1.165, 1.54) is 19.3 Å². The first-order valence-corrected chi connectivity index (χ1v) is 9.46. The van der Waals surface area contributed by atoms with Crippen molar-refractivity contribution in [2.45, 2.75) is 57.4 Å². The van der Waals surface area contributed by atoms with Gasteiger partial charge in [0.15, 0.2) is 5.82 Å². The fourth-order valence-corrected chi connectivity index (χ4v) is 4.11. The Morgan fingerprint density at radius 2 is 1.96 bits per heavy atom. The van der Waals surface area contributed by atoms with Gasteiger partial charge in [-0.1, -0.05) is 19.3 Å². The van der Waals surface area contributed by atoms with Gasteiger partial charge in [-0.3, -0.25) is 14.9 Å². The molecule has 0 radical (unpaired) electrons. The molecule has 2 aromatic rings. The largest absolute Gasteiger partial charge is 0.332 e. The molecule has 3 heterocycles. The number of carbonyl (C=O) groups is 1. The van der Waals surface area contributed by atoms with Crippen LogP contribution in [0.4, 0.5) is 0 Å². The second-order valence-corrected chi connectivity index (χ2v) is 7.16. The quantitative estimate of drug-likeness (QED) is 0.928. The maximum absolute atomic E-state index is 13.1. The molecule has 4 rings (SSSR count). The van der Waals surface area contributed by atoms with Gasteiger partial charge < -0.3 is 4.90 Å². The maximum Gasteiger partial charge on any atom is 0.226 e. The van der Waals surface area contributed by atoms with Gasteiger partial charge in [0.1, 0.15) is 5.82 Å². The molecule has 1 N–H and O–H groups in total. The van der Waals surface area contributed by atoms with Crippen LogP contribution in [0, 0.1) is 5.92 Å². The number of hydrogen-bond donors (Lipinski definition) is 1. The van der Waals surface area contributed by atoms with E-state index in [9.17, 15) is 4.79 Å². The van der Waals surface area contributed by atoms with Gasteiger partial charge in [-0.05, 0) is 44.2 Å².